The molecule has 0 aliphatic rings. The van der Waals surface area contributed by atoms with Crippen LogP contribution >= 0.6 is 43.5 Å². The minimum atomic E-state index is -0.688. The van der Waals surface area contributed by atoms with Crippen molar-refractivity contribution in [2.75, 3.05) is 0 Å². The molecule has 17 heavy (non-hydrogen) atoms. The molecule has 0 saturated carbocycles. The van der Waals surface area contributed by atoms with E-state index in [0.717, 1.165) is 0 Å². The van der Waals surface area contributed by atoms with Crippen molar-refractivity contribution in [3.63, 3.8) is 0 Å². The molecule has 90 valence electrons. The standard InChI is InChI=1S/C11H7Br2ClFNO/c12-6-2-1-5(10(15)9(6)14)11(16)7-3-4-8(13)17-7/h1-4,11H,16H2. The van der Waals surface area contributed by atoms with E-state index in [2.05, 4.69) is 31.9 Å². The predicted octanol–water partition coefficient (Wildman–Crippen LogP) is 4.65. The monoisotopic (exact) mass is 381 g/mol. The van der Waals surface area contributed by atoms with Crippen molar-refractivity contribution >= 4 is 43.5 Å². The molecule has 2 rings (SSSR count). The summed E-state index contributed by atoms with van der Waals surface area (Å²) < 4.78 is 20.2. The van der Waals surface area contributed by atoms with E-state index >= 15 is 0 Å². The number of nitrogens with two attached hydrogens (primary N) is 1. The number of halogens is 4. The lowest BCUT2D eigenvalue weighted by Crippen LogP contribution is -2.13. The highest BCUT2D eigenvalue weighted by Gasteiger charge is 2.19. The Labute approximate surface area is 119 Å². The lowest BCUT2D eigenvalue weighted by molar-refractivity contribution is 0.463. The molecule has 2 N–H and O–H groups in total. The Balaban J connectivity index is 2.44. The lowest BCUT2D eigenvalue weighted by atomic mass is 10.1. The summed E-state index contributed by atoms with van der Waals surface area (Å²) in [6.07, 6.45) is 0. The maximum atomic E-state index is 13.9. The van der Waals surface area contributed by atoms with Crippen molar-refractivity contribution in [2.24, 2.45) is 5.73 Å². The third kappa shape index (κ3) is 2.57. The maximum absolute atomic E-state index is 13.9. The third-order valence-electron chi connectivity index (χ3n) is 2.30. The van der Waals surface area contributed by atoms with Gasteiger partial charge in [-0.15, -0.1) is 0 Å². The highest BCUT2D eigenvalue weighted by molar-refractivity contribution is 9.10. The molecule has 0 aliphatic heterocycles. The highest BCUT2D eigenvalue weighted by atomic mass is 79.9. The number of hydrogen-bond acceptors (Lipinski definition) is 2. The van der Waals surface area contributed by atoms with Gasteiger partial charge in [-0.2, -0.15) is 0 Å². The van der Waals surface area contributed by atoms with E-state index in [0.29, 0.717) is 20.5 Å². The average molecular weight is 383 g/mol. The zero-order valence-electron chi connectivity index (χ0n) is 8.38. The first-order valence-corrected chi connectivity index (χ1v) is 6.61. The van der Waals surface area contributed by atoms with Crippen LogP contribution in [-0.4, -0.2) is 0 Å². The summed E-state index contributed by atoms with van der Waals surface area (Å²) in [6.45, 7) is 0. The Morgan fingerprint density at radius 3 is 2.53 bits per heavy atom. The molecule has 1 aromatic carbocycles. The minimum absolute atomic E-state index is 0.0172. The number of hydrogen-bond donors (Lipinski definition) is 1. The molecule has 1 aromatic heterocycles. The van der Waals surface area contributed by atoms with E-state index < -0.39 is 11.9 Å². The van der Waals surface area contributed by atoms with Gasteiger partial charge in [0.25, 0.3) is 0 Å². The fourth-order valence-corrected chi connectivity index (χ4v) is 2.23. The van der Waals surface area contributed by atoms with Crippen LogP contribution in [0.15, 0.2) is 37.8 Å². The van der Waals surface area contributed by atoms with Gasteiger partial charge in [-0.1, -0.05) is 17.7 Å². The Hall–Kier alpha value is -0.360. The van der Waals surface area contributed by atoms with Gasteiger partial charge in [-0.3, -0.25) is 0 Å². The molecule has 0 aliphatic carbocycles. The molecule has 0 radical (unpaired) electrons. The van der Waals surface area contributed by atoms with Crippen LogP contribution < -0.4 is 5.73 Å². The quantitative estimate of drug-likeness (QED) is 0.767. The van der Waals surface area contributed by atoms with Gasteiger partial charge in [0.2, 0.25) is 0 Å². The van der Waals surface area contributed by atoms with E-state index in [1.165, 1.54) is 0 Å². The molecule has 0 fully saturated rings. The number of furan rings is 1. The van der Waals surface area contributed by atoms with Gasteiger partial charge >= 0.3 is 0 Å². The predicted molar refractivity (Wildman–Crippen MR) is 71.5 cm³/mol. The van der Waals surface area contributed by atoms with Crippen LogP contribution in [0.1, 0.15) is 17.4 Å². The maximum Gasteiger partial charge on any atom is 0.169 e. The molecule has 2 nitrogen and oxygen atoms in total. The van der Waals surface area contributed by atoms with Gasteiger partial charge < -0.3 is 10.2 Å². The van der Waals surface area contributed by atoms with Crippen molar-refractivity contribution < 1.29 is 8.81 Å². The SMILES string of the molecule is NC(c1ccc(Br)o1)c1ccc(Br)c(Cl)c1F. The second kappa shape index (κ2) is 5.10. The van der Waals surface area contributed by atoms with E-state index in [1.807, 2.05) is 0 Å². The van der Waals surface area contributed by atoms with Gasteiger partial charge in [0.15, 0.2) is 4.67 Å². The molecule has 0 spiro atoms. The van der Waals surface area contributed by atoms with Crippen LogP contribution in [0.3, 0.4) is 0 Å². The molecule has 1 heterocycles. The van der Waals surface area contributed by atoms with Crippen LogP contribution in [0.2, 0.25) is 5.02 Å². The Kier molecular flexibility index (Phi) is 3.92. The molecule has 6 heteroatoms. The van der Waals surface area contributed by atoms with Gasteiger partial charge in [-0.05, 0) is 50.1 Å². The molecule has 1 unspecified atom stereocenters. The first-order chi connectivity index (χ1) is 8.00. The number of rotatable bonds is 2. The number of benzene rings is 1. The Morgan fingerprint density at radius 2 is 1.94 bits per heavy atom. The average Bonchev–Trinajstić information content (AvgIpc) is 2.72. The fraction of sp³-hybridized carbons (Fsp3) is 0.0909. The molecular weight excluding hydrogens is 376 g/mol. The summed E-state index contributed by atoms with van der Waals surface area (Å²) in [6, 6.07) is 5.93. The van der Waals surface area contributed by atoms with Crippen molar-refractivity contribution in [2.45, 2.75) is 6.04 Å². The molecule has 2 aromatic rings. The van der Waals surface area contributed by atoms with Crippen LogP contribution in [0.25, 0.3) is 0 Å². The summed E-state index contributed by atoms with van der Waals surface area (Å²) in [5.41, 5.74) is 6.21. The second-order valence-corrected chi connectivity index (χ2v) is 5.40. The normalized spacial score (nSPS) is 12.8. The van der Waals surface area contributed by atoms with Crippen LogP contribution in [0.5, 0.6) is 0 Å². The van der Waals surface area contributed by atoms with E-state index in [4.69, 9.17) is 21.8 Å². The van der Waals surface area contributed by atoms with Gasteiger partial charge in [0.05, 0.1) is 11.1 Å². The van der Waals surface area contributed by atoms with Crippen molar-refractivity contribution in [1.82, 2.24) is 0 Å². The van der Waals surface area contributed by atoms with Gasteiger partial charge in [0.1, 0.15) is 11.6 Å². The molecule has 0 saturated heterocycles. The Morgan fingerprint density at radius 1 is 1.24 bits per heavy atom. The molecule has 1 atom stereocenters. The van der Waals surface area contributed by atoms with Crippen molar-refractivity contribution in [1.29, 1.82) is 0 Å². The topological polar surface area (TPSA) is 39.2 Å². The van der Waals surface area contributed by atoms with Crippen LogP contribution in [0.4, 0.5) is 4.39 Å². The smallest absolute Gasteiger partial charge is 0.169 e. The summed E-state index contributed by atoms with van der Waals surface area (Å²) in [5.74, 6) is -0.0739. The zero-order chi connectivity index (χ0) is 12.6. The summed E-state index contributed by atoms with van der Waals surface area (Å²) in [5, 5.41) is 0.0172. The first-order valence-electron chi connectivity index (χ1n) is 4.65. The summed E-state index contributed by atoms with van der Waals surface area (Å²) in [7, 11) is 0. The first kappa shape index (κ1) is 13.1. The van der Waals surface area contributed by atoms with Crippen molar-refractivity contribution in [3.8, 4) is 0 Å². The molecular formula is C11H7Br2ClFNO. The fourth-order valence-electron chi connectivity index (χ4n) is 1.43. The lowest BCUT2D eigenvalue weighted by Gasteiger charge is -2.11. The molecule has 0 bridgehead atoms. The van der Waals surface area contributed by atoms with Gasteiger partial charge in [-0.25, -0.2) is 4.39 Å². The van der Waals surface area contributed by atoms with E-state index in [1.54, 1.807) is 24.3 Å². The second-order valence-electron chi connectivity index (χ2n) is 3.38. The van der Waals surface area contributed by atoms with Crippen LogP contribution in [-0.2, 0) is 0 Å². The Bertz CT molecular complexity index is 558. The third-order valence-corrected chi connectivity index (χ3v) is 3.99. The zero-order valence-corrected chi connectivity index (χ0v) is 12.3. The summed E-state index contributed by atoms with van der Waals surface area (Å²) >= 11 is 12.1. The highest BCUT2D eigenvalue weighted by Crippen LogP contribution is 2.32. The van der Waals surface area contributed by atoms with Crippen molar-refractivity contribution in [3.05, 3.63) is 55.6 Å². The van der Waals surface area contributed by atoms with Gasteiger partial charge in [0, 0.05) is 10.0 Å². The minimum Gasteiger partial charge on any atom is -0.452 e. The largest absolute Gasteiger partial charge is 0.452 e. The molecule has 0 amide bonds. The van der Waals surface area contributed by atoms with Crippen LogP contribution in [0, 0.1) is 5.82 Å². The van der Waals surface area contributed by atoms with E-state index in [9.17, 15) is 4.39 Å². The van der Waals surface area contributed by atoms with E-state index in [-0.39, 0.29) is 5.02 Å². The summed E-state index contributed by atoms with van der Waals surface area (Å²) in [4.78, 5) is 0.